The summed E-state index contributed by atoms with van der Waals surface area (Å²) in [5.41, 5.74) is 1.75. The molecule has 0 radical (unpaired) electrons. The quantitative estimate of drug-likeness (QED) is 0.855. The third-order valence-corrected chi connectivity index (χ3v) is 5.16. The van der Waals surface area contributed by atoms with Crippen LogP contribution in [0.2, 0.25) is 0 Å². The third-order valence-electron chi connectivity index (χ3n) is 5.16. The Kier molecular flexibility index (Phi) is 4.79. The molecule has 7 nitrogen and oxygen atoms in total. The number of carbonyl (C=O) groups is 1. The van der Waals surface area contributed by atoms with Crippen LogP contribution in [0.1, 0.15) is 24.4 Å². The van der Waals surface area contributed by atoms with E-state index in [4.69, 9.17) is 0 Å². The van der Waals surface area contributed by atoms with Crippen molar-refractivity contribution in [2.45, 2.75) is 18.9 Å². The molecule has 2 atom stereocenters. The van der Waals surface area contributed by atoms with Crippen LogP contribution in [0.3, 0.4) is 0 Å². The lowest BCUT2D eigenvalue weighted by Crippen LogP contribution is -2.43. The maximum Gasteiger partial charge on any atom is 0.223 e. The average Bonchev–Trinajstić information content (AvgIpc) is 3.27. The second kappa shape index (κ2) is 7.38. The highest BCUT2D eigenvalue weighted by Crippen LogP contribution is 2.36. The van der Waals surface area contributed by atoms with E-state index in [1.54, 1.807) is 27.9 Å². The number of amides is 1. The second-order valence-electron chi connectivity index (χ2n) is 7.00. The number of nitrogens with one attached hydrogen (secondary N) is 2. The number of rotatable bonds is 4. The first-order chi connectivity index (χ1) is 13.1. The van der Waals surface area contributed by atoms with Crippen LogP contribution in [0.5, 0.6) is 0 Å². The van der Waals surface area contributed by atoms with Crippen LogP contribution in [0, 0.1) is 11.7 Å². The van der Waals surface area contributed by atoms with Crippen molar-refractivity contribution in [1.29, 1.82) is 0 Å². The molecule has 2 aromatic rings. The number of hydrogen-bond donors (Lipinski definition) is 2. The summed E-state index contributed by atoms with van der Waals surface area (Å²) in [5, 5.41) is 11.0. The zero-order valence-electron chi connectivity index (χ0n) is 15.2. The van der Waals surface area contributed by atoms with E-state index < -0.39 is 0 Å². The Hall–Kier alpha value is -2.90. The van der Waals surface area contributed by atoms with E-state index in [-0.39, 0.29) is 23.7 Å². The third kappa shape index (κ3) is 3.65. The summed E-state index contributed by atoms with van der Waals surface area (Å²) in [7, 11) is 1.83. The number of aromatic nitrogens is 2. The average molecular weight is 370 g/mol. The van der Waals surface area contributed by atoms with Crippen LogP contribution in [-0.2, 0) is 4.79 Å². The number of guanidine groups is 1. The van der Waals surface area contributed by atoms with Crippen LogP contribution in [0.25, 0.3) is 5.69 Å². The highest BCUT2D eigenvalue weighted by Gasteiger charge is 2.39. The van der Waals surface area contributed by atoms with E-state index in [9.17, 15) is 9.18 Å². The van der Waals surface area contributed by atoms with Crippen LogP contribution in [0.4, 0.5) is 4.39 Å². The molecule has 1 aromatic heterocycles. The van der Waals surface area contributed by atoms with Gasteiger partial charge in [-0.2, -0.15) is 5.10 Å². The number of nitrogens with zero attached hydrogens (tertiary/aromatic N) is 4. The van der Waals surface area contributed by atoms with Crippen LogP contribution < -0.4 is 10.6 Å². The molecule has 2 aliphatic rings. The molecule has 1 aromatic carbocycles. The van der Waals surface area contributed by atoms with Crippen molar-refractivity contribution in [2.75, 3.05) is 26.7 Å². The fourth-order valence-electron chi connectivity index (χ4n) is 3.73. The smallest absolute Gasteiger partial charge is 0.223 e. The first-order valence-electron chi connectivity index (χ1n) is 9.20. The van der Waals surface area contributed by atoms with Gasteiger partial charge in [-0.15, -0.1) is 0 Å². The minimum atomic E-state index is -0.280. The molecule has 0 spiro atoms. The molecule has 0 bridgehead atoms. The SMILES string of the molecule is CN1C(=O)C[C@@H](CNC2=NCCCN2)[C@@H]1c1cnn(-c2ccc(F)cc2)c1. The topological polar surface area (TPSA) is 74.6 Å². The van der Waals surface area contributed by atoms with E-state index in [0.29, 0.717) is 13.0 Å². The summed E-state index contributed by atoms with van der Waals surface area (Å²) in [4.78, 5) is 18.5. The molecule has 1 amide bonds. The summed E-state index contributed by atoms with van der Waals surface area (Å²) in [6.07, 6.45) is 5.23. The molecule has 8 heteroatoms. The normalized spacial score (nSPS) is 22.5. The van der Waals surface area contributed by atoms with Crippen LogP contribution in [0.15, 0.2) is 41.7 Å². The van der Waals surface area contributed by atoms with Crippen molar-refractivity contribution in [2.24, 2.45) is 10.9 Å². The van der Waals surface area contributed by atoms with E-state index in [0.717, 1.165) is 36.7 Å². The van der Waals surface area contributed by atoms with Gasteiger partial charge in [-0.05, 0) is 30.7 Å². The molecular weight excluding hydrogens is 347 g/mol. The molecule has 1 fully saturated rings. The van der Waals surface area contributed by atoms with Gasteiger partial charge in [0.2, 0.25) is 5.91 Å². The van der Waals surface area contributed by atoms with Crippen LogP contribution in [-0.4, -0.2) is 53.2 Å². The molecule has 3 heterocycles. The lowest BCUT2D eigenvalue weighted by molar-refractivity contribution is -0.127. The number of aliphatic imine (C=N–C) groups is 1. The monoisotopic (exact) mass is 370 g/mol. The summed E-state index contributed by atoms with van der Waals surface area (Å²) >= 11 is 0. The van der Waals surface area contributed by atoms with Crippen molar-refractivity contribution < 1.29 is 9.18 Å². The predicted octanol–water partition coefficient (Wildman–Crippen LogP) is 1.47. The van der Waals surface area contributed by atoms with Gasteiger partial charge in [0.1, 0.15) is 5.82 Å². The molecule has 4 rings (SSSR count). The first-order valence-corrected chi connectivity index (χ1v) is 9.20. The molecule has 27 heavy (non-hydrogen) atoms. The van der Waals surface area contributed by atoms with E-state index >= 15 is 0 Å². The minimum Gasteiger partial charge on any atom is -0.356 e. The molecule has 0 unspecified atom stereocenters. The van der Waals surface area contributed by atoms with E-state index in [2.05, 4.69) is 20.7 Å². The Morgan fingerprint density at radius 1 is 1.33 bits per heavy atom. The van der Waals surface area contributed by atoms with Gasteiger partial charge < -0.3 is 15.5 Å². The lowest BCUT2D eigenvalue weighted by atomic mass is 9.96. The molecule has 1 saturated heterocycles. The van der Waals surface area contributed by atoms with Crippen molar-refractivity contribution >= 4 is 11.9 Å². The Bertz CT molecular complexity index is 846. The van der Waals surface area contributed by atoms with E-state index in [1.807, 2.05) is 13.2 Å². The van der Waals surface area contributed by atoms with Gasteiger partial charge in [0.15, 0.2) is 5.96 Å². The lowest BCUT2D eigenvalue weighted by Gasteiger charge is -2.25. The molecule has 0 saturated carbocycles. The Morgan fingerprint density at radius 3 is 2.89 bits per heavy atom. The zero-order chi connectivity index (χ0) is 18.8. The predicted molar refractivity (Wildman–Crippen MR) is 100 cm³/mol. The Morgan fingerprint density at radius 2 is 2.15 bits per heavy atom. The fraction of sp³-hybridized carbons (Fsp3) is 0.421. The second-order valence-corrected chi connectivity index (χ2v) is 7.00. The van der Waals surface area contributed by atoms with E-state index in [1.165, 1.54) is 12.1 Å². The molecule has 2 N–H and O–H groups in total. The zero-order valence-corrected chi connectivity index (χ0v) is 15.2. The molecule has 2 aliphatic heterocycles. The van der Waals surface area contributed by atoms with Gasteiger partial charge in [-0.3, -0.25) is 9.79 Å². The van der Waals surface area contributed by atoms with Crippen molar-refractivity contribution in [3.63, 3.8) is 0 Å². The van der Waals surface area contributed by atoms with Crippen LogP contribution >= 0.6 is 0 Å². The van der Waals surface area contributed by atoms with Crippen molar-refractivity contribution in [3.8, 4) is 5.69 Å². The Balaban J connectivity index is 1.51. The standard InChI is InChI=1S/C19H23FN6O/c1-25-17(27)9-13(10-23-19-21-7-2-8-22-19)18(25)14-11-24-26(12-14)16-5-3-15(20)4-6-16/h3-6,11-13,18H,2,7-10H2,1H3,(H2,21,22,23)/t13-,18+/m0/s1. The molecule has 0 aliphatic carbocycles. The molecule has 142 valence electrons. The summed E-state index contributed by atoms with van der Waals surface area (Å²) in [6.45, 7) is 2.41. The number of likely N-dealkylation sites (tertiary alicyclic amines) is 1. The summed E-state index contributed by atoms with van der Waals surface area (Å²) in [5.74, 6) is 0.779. The summed E-state index contributed by atoms with van der Waals surface area (Å²) < 4.78 is 14.9. The molecular formula is C19H23FN6O. The highest BCUT2D eigenvalue weighted by atomic mass is 19.1. The maximum absolute atomic E-state index is 13.1. The fourth-order valence-corrected chi connectivity index (χ4v) is 3.73. The van der Waals surface area contributed by atoms with Gasteiger partial charge in [-0.1, -0.05) is 0 Å². The number of carbonyl (C=O) groups excluding carboxylic acids is 1. The first kappa shape index (κ1) is 17.5. The van der Waals surface area contributed by atoms with Crippen molar-refractivity contribution in [3.05, 3.63) is 48.0 Å². The maximum atomic E-state index is 13.1. The van der Waals surface area contributed by atoms with Gasteiger partial charge in [0.05, 0.1) is 17.9 Å². The summed E-state index contributed by atoms with van der Waals surface area (Å²) in [6, 6.07) is 6.13. The largest absolute Gasteiger partial charge is 0.356 e. The van der Waals surface area contributed by atoms with Gasteiger partial charge in [-0.25, -0.2) is 9.07 Å². The highest BCUT2D eigenvalue weighted by molar-refractivity contribution is 5.81. The number of halogens is 1. The minimum absolute atomic E-state index is 0.0524. The van der Waals surface area contributed by atoms with Gasteiger partial charge >= 0.3 is 0 Å². The Labute approximate surface area is 157 Å². The van der Waals surface area contributed by atoms with Crippen molar-refractivity contribution in [1.82, 2.24) is 25.3 Å². The van der Waals surface area contributed by atoms with Gasteiger partial charge in [0.25, 0.3) is 0 Å². The number of hydrogen-bond acceptors (Lipinski definition) is 5. The number of benzene rings is 1. The van der Waals surface area contributed by atoms with Gasteiger partial charge in [0, 0.05) is 50.8 Å².